The zero-order chi connectivity index (χ0) is 20.1. The summed E-state index contributed by atoms with van der Waals surface area (Å²) in [6.45, 7) is 2.06. The molecule has 0 saturated carbocycles. The van der Waals surface area contributed by atoms with Crippen molar-refractivity contribution in [3.8, 4) is 17.2 Å². The van der Waals surface area contributed by atoms with E-state index in [0.29, 0.717) is 16.8 Å². The largest absolute Gasteiger partial charge is 0.372 e. The van der Waals surface area contributed by atoms with Gasteiger partial charge in [-0.05, 0) is 60.7 Å². The third kappa shape index (κ3) is 4.30. The zero-order valence-corrected chi connectivity index (χ0v) is 16.3. The average Bonchev–Trinajstić information content (AvgIpc) is 2.80. The van der Waals surface area contributed by atoms with Gasteiger partial charge in [0.05, 0.1) is 11.3 Å². The first-order valence-corrected chi connectivity index (χ1v) is 10.0. The zero-order valence-electron chi connectivity index (χ0n) is 16.3. The van der Waals surface area contributed by atoms with Gasteiger partial charge in [-0.3, -0.25) is 4.79 Å². The van der Waals surface area contributed by atoms with Gasteiger partial charge in [-0.25, -0.2) is 0 Å². The van der Waals surface area contributed by atoms with Crippen molar-refractivity contribution in [1.82, 2.24) is 0 Å². The third-order valence-electron chi connectivity index (χ3n) is 5.32. The summed E-state index contributed by atoms with van der Waals surface area (Å²) in [5.41, 5.74) is 4.65. The molecule has 1 fully saturated rings. The topological polar surface area (TPSA) is 56.1 Å². The number of hydrogen-bond acceptors (Lipinski definition) is 3. The van der Waals surface area contributed by atoms with E-state index in [0.717, 1.165) is 29.9 Å². The first kappa shape index (κ1) is 18.8. The number of carbonyl (C=O) groups is 1. The van der Waals surface area contributed by atoms with Crippen LogP contribution in [0.15, 0.2) is 72.8 Å². The molecule has 1 heterocycles. The maximum absolute atomic E-state index is 12.8. The van der Waals surface area contributed by atoms with Crippen molar-refractivity contribution in [1.29, 1.82) is 5.26 Å². The molecule has 0 spiro atoms. The Kier molecular flexibility index (Phi) is 5.58. The highest BCUT2D eigenvalue weighted by Gasteiger charge is 2.14. The van der Waals surface area contributed by atoms with Gasteiger partial charge < -0.3 is 10.2 Å². The molecule has 29 heavy (non-hydrogen) atoms. The number of rotatable bonds is 4. The van der Waals surface area contributed by atoms with Gasteiger partial charge in [0.2, 0.25) is 0 Å². The normalized spacial score (nSPS) is 13.6. The quantitative estimate of drug-likeness (QED) is 0.652. The molecule has 1 aliphatic rings. The molecule has 0 aromatic heterocycles. The molecule has 0 radical (unpaired) electrons. The summed E-state index contributed by atoms with van der Waals surface area (Å²) in [5.74, 6) is -0.201. The molecule has 144 valence electrons. The second-order valence-corrected chi connectivity index (χ2v) is 7.29. The van der Waals surface area contributed by atoms with Gasteiger partial charge in [-0.2, -0.15) is 5.26 Å². The number of anilines is 2. The molecule has 0 bridgehead atoms. The fourth-order valence-corrected chi connectivity index (χ4v) is 3.75. The number of amides is 1. The molecule has 3 aromatic carbocycles. The smallest absolute Gasteiger partial charge is 0.255 e. The number of hydrogen-bond donors (Lipinski definition) is 1. The van der Waals surface area contributed by atoms with Crippen LogP contribution in [0.25, 0.3) is 11.1 Å². The fourth-order valence-electron chi connectivity index (χ4n) is 3.75. The van der Waals surface area contributed by atoms with E-state index in [1.165, 1.54) is 19.3 Å². The van der Waals surface area contributed by atoms with Crippen molar-refractivity contribution in [2.45, 2.75) is 19.3 Å². The van der Waals surface area contributed by atoms with E-state index < -0.39 is 0 Å². The van der Waals surface area contributed by atoms with Gasteiger partial charge in [-0.15, -0.1) is 0 Å². The van der Waals surface area contributed by atoms with Crippen LogP contribution in [-0.4, -0.2) is 19.0 Å². The fraction of sp³-hybridized carbons (Fsp3) is 0.200. The van der Waals surface area contributed by atoms with Crippen LogP contribution in [-0.2, 0) is 0 Å². The summed E-state index contributed by atoms with van der Waals surface area (Å²) in [6, 6.07) is 25.4. The average molecular weight is 381 g/mol. The molecule has 4 heteroatoms. The molecular formula is C25H23N3O. The lowest BCUT2D eigenvalue weighted by Gasteiger charge is -2.29. The maximum Gasteiger partial charge on any atom is 0.255 e. The number of nitrogens with zero attached hydrogens (tertiary/aromatic N) is 2. The van der Waals surface area contributed by atoms with Crippen LogP contribution in [0, 0.1) is 11.3 Å². The lowest BCUT2D eigenvalue weighted by Crippen LogP contribution is -2.29. The molecule has 1 saturated heterocycles. The summed E-state index contributed by atoms with van der Waals surface area (Å²) in [6.07, 6.45) is 3.65. The van der Waals surface area contributed by atoms with Crippen LogP contribution in [0.4, 0.5) is 11.4 Å². The third-order valence-corrected chi connectivity index (χ3v) is 5.32. The molecule has 3 aromatic rings. The Morgan fingerprint density at radius 3 is 2.41 bits per heavy atom. The molecule has 4 nitrogen and oxygen atoms in total. The lowest BCUT2D eigenvalue weighted by molar-refractivity contribution is 0.102. The Morgan fingerprint density at radius 1 is 0.862 bits per heavy atom. The highest BCUT2D eigenvalue weighted by Crippen LogP contribution is 2.26. The maximum atomic E-state index is 12.8. The molecule has 1 aliphatic heterocycles. The highest BCUT2D eigenvalue weighted by molar-refractivity contribution is 6.05. The number of benzene rings is 3. The Morgan fingerprint density at radius 2 is 1.66 bits per heavy atom. The van der Waals surface area contributed by atoms with Gasteiger partial charge in [0.25, 0.3) is 5.91 Å². The predicted molar refractivity (Wildman–Crippen MR) is 117 cm³/mol. The van der Waals surface area contributed by atoms with Crippen molar-refractivity contribution in [2.75, 3.05) is 23.3 Å². The van der Waals surface area contributed by atoms with Crippen LogP contribution in [0.1, 0.15) is 35.2 Å². The summed E-state index contributed by atoms with van der Waals surface area (Å²) < 4.78 is 0. The van der Waals surface area contributed by atoms with E-state index in [2.05, 4.69) is 22.4 Å². The summed E-state index contributed by atoms with van der Waals surface area (Å²) in [5, 5.41) is 12.5. The van der Waals surface area contributed by atoms with Crippen molar-refractivity contribution < 1.29 is 4.79 Å². The summed E-state index contributed by atoms with van der Waals surface area (Å²) in [4.78, 5) is 15.2. The van der Waals surface area contributed by atoms with Crippen LogP contribution >= 0.6 is 0 Å². The molecule has 0 unspecified atom stereocenters. The minimum atomic E-state index is -0.201. The van der Waals surface area contributed by atoms with Gasteiger partial charge >= 0.3 is 0 Å². The van der Waals surface area contributed by atoms with Crippen LogP contribution in [0.5, 0.6) is 0 Å². The van der Waals surface area contributed by atoms with Crippen molar-refractivity contribution in [3.05, 3.63) is 83.9 Å². The minimum Gasteiger partial charge on any atom is -0.372 e. The molecule has 0 atom stereocenters. The number of nitriles is 1. The van der Waals surface area contributed by atoms with E-state index >= 15 is 0 Å². The Bertz CT molecular complexity index is 1050. The SMILES string of the molecule is N#Cc1cc(-c2ccccc2)ccc1NC(=O)c1cccc(N2CCCCC2)c1. The van der Waals surface area contributed by atoms with E-state index in [1.807, 2.05) is 60.7 Å². The van der Waals surface area contributed by atoms with E-state index in [1.54, 1.807) is 6.07 Å². The van der Waals surface area contributed by atoms with E-state index in [9.17, 15) is 10.1 Å². The van der Waals surface area contributed by atoms with Crippen LogP contribution in [0.3, 0.4) is 0 Å². The second-order valence-electron chi connectivity index (χ2n) is 7.29. The van der Waals surface area contributed by atoms with Crippen molar-refractivity contribution >= 4 is 17.3 Å². The van der Waals surface area contributed by atoms with Gasteiger partial charge in [0, 0.05) is 24.3 Å². The standard InChI is InChI=1S/C25H23N3O/c26-18-22-16-20(19-8-3-1-4-9-19)12-13-24(22)27-25(29)21-10-7-11-23(17-21)28-14-5-2-6-15-28/h1,3-4,7-13,16-17H,2,5-6,14-15H2,(H,27,29). The van der Waals surface area contributed by atoms with Crippen LogP contribution < -0.4 is 10.2 Å². The summed E-state index contributed by atoms with van der Waals surface area (Å²) in [7, 11) is 0. The molecule has 1 N–H and O–H groups in total. The highest BCUT2D eigenvalue weighted by atomic mass is 16.1. The Hall–Kier alpha value is -3.58. The Balaban J connectivity index is 1.55. The molecule has 1 amide bonds. The molecule has 0 aliphatic carbocycles. The lowest BCUT2D eigenvalue weighted by atomic mass is 10.0. The van der Waals surface area contributed by atoms with Crippen molar-refractivity contribution in [2.24, 2.45) is 0 Å². The second kappa shape index (κ2) is 8.62. The van der Waals surface area contributed by atoms with E-state index in [-0.39, 0.29) is 5.91 Å². The predicted octanol–water partition coefficient (Wildman–Crippen LogP) is 5.47. The first-order valence-electron chi connectivity index (χ1n) is 10.0. The van der Waals surface area contributed by atoms with E-state index in [4.69, 9.17) is 0 Å². The van der Waals surface area contributed by atoms with Crippen molar-refractivity contribution in [3.63, 3.8) is 0 Å². The van der Waals surface area contributed by atoms with Crippen LogP contribution in [0.2, 0.25) is 0 Å². The van der Waals surface area contributed by atoms with Gasteiger partial charge in [-0.1, -0.05) is 42.5 Å². The molecule has 4 rings (SSSR count). The molecular weight excluding hydrogens is 358 g/mol. The minimum absolute atomic E-state index is 0.201. The Labute approximate surface area is 171 Å². The number of nitrogens with one attached hydrogen (secondary N) is 1. The monoisotopic (exact) mass is 381 g/mol. The van der Waals surface area contributed by atoms with Gasteiger partial charge in [0.15, 0.2) is 0 Å². The summed E-state index contributed by atoms with van der Waals surface area (Å²) >= 11 is 0. The van der Waals surface area contributed by atoms with Gasteiger partial charge in [0.1, 0.15) is 6.07 Å². The number of piperidine rings is 1. The number of carbonyl (C=O) groups excluding carboxylic acids is 1. The first-order chi connectivity index (χ1) is 14.2.